The molecule has 2 N–H and O–H groups in total. The smallest absolute Gasteiger partial charge is 0.137 e. The first-order valence-electron chi connectivity index (χ1n) is 6.97. The summed E-state index contributed by atoms with van der Waals surface area (Å²) < 4.78 is 0. The lowest BCUT2D eigenvalue weighted by atomic mass is 9.96. The molecule has 2 aromatic rings. The number of carbonyl (C=O) groups is 1. The zero-order chi connectivity index (χ0) is 14.5. The molecule has 0 spiro atoms. The molecule has 0 heterocycles. The Morgan fingerprint density at radius 1 is 1.05 bits per heavy atom. The van der Waals surface area contributed by atoms with Crippen LogP contribution in [0.1, 0.15) is 28.7 Å². The first-order chi connectivity index (χ1) is 9.56. The summed E-state index contributed by atoms with van der Waals surface area (Å²) in [7, 11) is 0. The van der Waals surface area contributed by atoms with Gasteiger partial charge in [0.2, 0.25) is 0 Å². The molecule has 0 saturated heterocycles. The number of nitrogen functional groups attached to an aromatic ring is 1. The summed E-state index contributed by atoms with van der Waals surface area (Å²) in [5, 5.41) is 0. The van der Waals surface area contributed by atoms with Crippen LogP contribution >= 0.6 is 0 Å². The molecule has 0 aromatic heterocycles. The quantitative estimate of drug-likeness (QED) is 0.841. The summed E-state index contributed by atoms with van der Waals surface area (Å²) in [5.41, 5.74) is 11.2. The van der Waals surface area contributed by atoms with Crippen LogP contribution in [0.3, 0.4) is 0 Å². The number of carbonyl (C=O) groups excluding carboxylic acids is 1. The lowest BCUT2D eigenvalue weighted by Crippen LogP contribution is -2.07. The van der Waals surface area contributed by atoms with Crippen molar-refractivity contribution >= 4 is 11.5 Å². The van der Waals surface area contributed by atoms with E-state index in [1.54, 1.807) is 0 Å². The van der Waals surface area contributed by atoms with Crippen LogP contribution in [-0.4, -0.2) is 5.78 Å². The van der Waals surface area contributed by atoms with E-state index in [0.29, 0.717) is 12.8 Å². The van der Waals surface area contributed by atoms with Gasteiger partial charge in [0.15, 0.2) is 0 Å². The van der Waals surface area contributed by atoms with Crippen LogP contribution < -0.4 is 5.73 Å². The molecule has 0 aliphatic rings. The molecule has 0 saturated carbocycles. The summed E-state index contributed by atoms with van der Waals surface area (Å²) in [6.07, 6.45) is 1.85. The molecule has 0 unspecified atom stereocenters. The van der Waals surface area contributed by atoms with Crippen LogP contribution in [0.15, 0.2) is 42.5 Å². The van der Waals surface area contributed by atoms with Gasteiger partial charge in [0.25, 0.3) is 0 Å². The Labute approximate surface area is 120 Å². The molecular formula is C18H21NO. The molecule has 2 rings (SSSR count). The Kier molecular flexibility index (Phi) is 4.57. The summed E-state index contributed by atoms with van der Waals surface area (Å²) in [6.45, 7) is 4.13. The number of rotatable bonds is 5. The van der Waals surface area contributed by atoms with E-state index in [0.717, 1.165) is 17.7 Å². The number of hydrogen-bond donors (Lipinski definition) is 1. The van der Waals surface area contributed by atoms with Crippen LogP contribution in [0.5, 0.6) is 0 Å². The maximum absolute atomic E-state index is 12.1. The van der Waals surface area contributed by atoms with Gasteiger partial charge in [-0.2, -0.15) is 0 Å². The maximum atomic E-state index is 12.1. The minimum Gasteiger partial charge on any atom is -0.399 e. The highest BCUT2D eigenvalue weighted by molar-refractivity contribution is 5.81. The van der Waals surface area contributed by atoms with Crippen molar-refractivity contribution in [2.75, 3.05) is 5.73 Å². The average Bonchev–Trinajstić information content (AvgIpc) is 2.41. The molecule has 2 aromatic carbocycles. The topological polar surface area (TPSA) is 43.1 Å². The van der Waals surface area contributed by atoms with Crippen molar-refractivity contribution in [3.8, 4) is 0 Å². The third-order valence-electron chi connectivity index (χ3n) is 3.66. The Bertz CT molecular complexity index is 596. The number of nitrogens with two attached hydrogens (primary N) is 1. The normalized spacial score (nSPS) is 10.5. The molecule has 104 valence electrons. The largest absolute Gasteiger partial charge is 0.399 e. The van der Waals surface area contributed by atoms with Crippen LogP contribution in [0.25, 0.3) is 0 Å². The van der Waals surface area contributed by atoms with Crippen molar-refractivity contribution in [2.24, 2.45) is 0 Å². The Balaban J connectivity index is 1.96. The lowest BCUT2D eigenvalue weighted by molar-refractivity contribution is -0.118. The first-order valence-corrected chi connectivity index (χ1v) is 6.97. The van der Waals surface area contributed by atoms with Gasteiger partial charge in [-0.1, -0.05) is 30.3 Å². The highest BCUT2D eigenvalue weighted by atomic mass is 16.1. The molecular weight excluding hydrogens is 246 g/mol. The fraction of sp³-hybridized carbons (Fsp3) is 0.278. The highest BCUT2D eigenvalue weighted by Crippen LogP contribution is 2.16. The van der Waals surface area contributed by atoms with Crippen LogP contribution in [-0.2, 0) is 17.6 Å². The van der Waals surface area contributed by atoms with E-state index < -0.39 is 0 Å². The minimum absolute atomic E-state index is 0.282. The molecule has 0 radical (unpaired) electrons. The van der Waals surface area contributed by atoms with Gasteiger partial charge in [-0.05, 0) is 54.7 Å². The third-order valence-corrected chi connectivity index (χ3v) is 3.66. The lowest BCUT2D eigenvalue weighted by Gasteiger charge is -2.09. The average molecular weight is 267 g/mol. The van der Waals surface area contributed by atoms with Gasteiger partial charge in [0, 0.05) is 18.5 Å². The number of ketones is 1. The van der Waals surface area contributed by atoms with Gasteiger partial charge in [-0.3, -0.25) is 4.79 Å². The van der Waals surface area contributed by atoms with E-state index in [2.05, 4.69) is 26.0 Å². The first kappa shape index (κ1) is 14.3. The summed E-state index contributed by atoms with van der Waals surface area (Å²) in [5.74, 6) is 0.282. The van der Waals surface area contributed by atoms with E-state index in [4.69, 9.17) is 5.73 Å². The molecule has 0 aliphatic carbocycles. The maximum Gasteiger partial charge on any atom is 0.137 e. The molecule has 0 bridgehead atoms. The monoisotopic (exact) mass is 267 g/mol. The van der Waals surface area contributed by atoms with Crippen LogP contribution in [0.4, 0.5) is 5.69 Å². The number of hydrogen-bond acceptors (Lipinski definition) is 2. The van der Waals surface area contributed by atoms with E-state index in [9.17, 15) is 4.79 Å². The Morgan fingerprint density at radius 3 is 2.35 bits per heavy atom. The van der Waals surface area contributed by atoms with Crippen molar-refractivity contribution in [2.45, 2.75) is 33.1 Å². The fourth-order valence-corrected chi connectivity index (χ4v) is 2.45. The van der Waals surface area contributed by atoms with Gasteiger partial charge < -0.3 is 5.73 Å². The van der Waals surface area contributed by atoms with Crippen molar-refractivity contribution in [3.63, 3.8) is 0 Å². The summed E-state index contributed by atoms with van der Waals surface area (Å²) >= 11 is 0. The molecule has 0 atom stereocenters. The SMILES string of the molecule is Cc1cccc(C)c1CC(=O)CCc1cccc(N)c1. The molecule has 2 nitrogen and oxygen atoms in total. The predicted octanol–water partition coefficient (Wildman–Crippen LogP) is 3.63. The van der Waals surface area contributed by atoms with E-state index in [1.807, 2.05) is 30.3 Å². The molecule has 20 heavy (non-hydrogen) atoms. The Morgan fingerprint density at radius 2 is 1.70 bits per heavy atom. The van der Waals surface area contributed by atoms with E-state index >= 15 is 0 Å². The number of Topliss-reactive ketones (excluding diaryl/α,β-unsaturated/α-hetero) is 1. The number of anilines is 1. The van der Waals surface area contributed by atoms with Gasteiger partial charge in [-0.15, -0.1) is 0 Å². The van der Waals surface area contributed by atoms with Crippen LogP contribution in [0.2, 0.25) is 0 Å². The van der Waals surface area contributed by atoms with Gasteiger partial charge in [0.1, 0.15) is 5.78 Å². The number of benzene rings is 2. The van der Waals surface area contributed by atoms with Gasteiger partial charge >= 0.3 is 0 Å². The second-order valence-electron chi connectivity index (χ2n) is 5.33. The van der Waals surface area contributed by atoms with Crippen molar-refractivity contribution in [3.05, 3.63) is 64.7 Å². The summed E-state index contributed by atoms with van der Waals surface area (Å²) in [6, 6.07) is 13.9. The zero-order valence-electron chi connectivity index (χ0n) is 12.1. The highest BCUT2D eigenvalue weighted by Gasteiger charge is 2.09. The molecule has 0 fully saturated rings. The molecule has 2 heteroatoms. The van der Waals surface area contributed by atoms with E-state index in [1.165, 1.54) is 16.7 Å². The Hall–Kier alpha value is -2.09. The fourth-order valence-electron chi connectivity index (χ4n) is 2.45. The van der Waals surface area contributed by atoms with Crippen molar-refractivity contribution in [1.29, 1.82) is 0 Å². The second-order valence-corrected chi connectivity index (χ2v) is 5.33. The number of aryl methyl sites for hydroxylation is 3. The van der Waals surface area contributed by atoms with Gasteiger partial charge in [0.05, 0.1) is 0 Å². The predicted molar refractivity (Wildman–Crippen MR) is 83.8 cm³/mol. The molecule has 0 aliphatic heterocycles. The molecule has 0 amide bonds. The van der Waals surface area contributed by atoms with Crippen molar-refractivity contribution in [1.82, 2.24) is 0 Å². The third kappa shape index (κ3) is 3.70. The van der Waals surface area contributed by atoms with Crippen molar-refractivity contribution < 1.29 is 4.79 Å². The second kappa shape index (κ2) is 6.38. The minimum atomic E-state index is 0.282. The zero-order valence-corrected chi connectivity index (χ0v) is 12.1. The van der Waals surface area contributed by atoms with Gasteiger partial charge in [-0.25, -0.2) is 0 Å². The van der Waals surface area contributed by atoms with E-state index in [-0.39, 0.29) is 5.78 Å². The summed E-state index contributed by atoms with van der Waals surface area (Å²) in [4.78, 5) is 12.1. The standard InChI is InChI=1S/C18H21NO/c1-13-5-3-6-14(2)18(13)12-17(20)10-9-15-7-4-8-16(19)11-15/h3-8,11H,9-10,12,19H2,1-2H3. The van der Waals surface area contributed by atoms with Crippen LogP contribution in [0, 0.1) is 13.8 Å².